The van der Waals surface area contributed by atoms with Crippen molar-refractivity contribution < 1.29 is 17.9 Å². The SMILES string of the molecule is Cc1ccc(C)c(OCCNC(=O)c2ccc(CN(c3c(C)cccc3C)S(C)(=O)=O)cc2)c1. The van der Waals surface area contributed by atoms with Gasteiger partial charge >= 0.3 is 0 Å². The highest BCUT2D eigenvalue weighted by Crippen LogP contribution is 2.28. The first-order valence-electron chi connectivity index (χ1n) is 11.2. The van der Waals surface area contributed by atoms with E-state index in [2.05, 4.69) is 5.32 Å². The van der Waals surface area contributed by atoms with Gasteiger partial charge in [-0.3, -0.25) is 9.10 Å². The molecule has 0 aliphatic heterocycles. The molecule has 1 N–H and O–H groups in total. The Labute approximate surface area is 202 Å². The average Bonchev–Trinajstić information content (AvgIpc) is 2.77. The van der Waals surface area contributed by atoms with Crippen molar-refractivity contribution in [1.82, 2.24) is 5.32 Å². The molecule has 0 heterocycles. The molecule has 34 heavy (non-hydrogen) atoms. The van der Waals surface area contributed by atoms with Gasteiger partial charge in [0.1, 0.15) is 12.4 Å². The lowest BCUT2D eigenvalue weighted by molar-refractivity contribution is 0.0947. The molecule has 1 amide bonds. The van der Waals surface area contributed by atoms with Crippen LogP contribution in [-0.4, -0.2) is 33.7 Å². The van der Waals surface area contributed by atoms with Crippen LogP contribution in [0.5, 0.6) is 5.75 Å². The van der Waals surface area contributed by atoms with E-state index in [-0.39, 0.29) is 12.5 Å². The van der Waals surface area contributed by atoms with Crippen LogP contribution in [0, 0.1) is 27.7 Å². The van der Waals surface area contributed by atoms with Crippen molar-refractivity contribution in [3.63, 3.8) is 0 Å². The van der Waals surface area contributed by atoms with Crippen LogP contribution in [0.2, 0.25) is 0 Å². The molecule has 0 aromatic heterocycles. The summed E-state index contributed by atoms with van der Waals surface area (Å²) in [7, 11) is -3.49. The van der Waals surface area contributed by atoms with Gasteiger partial charge in [-0.15, -0.1) is 0 Å². The zero-order valence-corrected chi connectivity index (χ0v) is 21.2. The molecule has 0 saturated carbocycles. The van der Waals surface area contributed by atoms with Crippen molar-refractivity contribution in [2.45, 2.75) is 34.2 Å². The molecule has 0 unspecified atom stereocenters. The number of sulfonamides is 1. The highest BCUT2D eigenvalue weighted by Gasteiger charge is 2.21. The van der Waals surface area contributed by atoms with Crippen LogP contribution >= 0.6 is 0 Å². The summed E-state index contributed by atoms with van der Waals surface area (Å²) in [4.78, 5) is 12.5. The summed E-state index contributed by atoms with van der Waals surface area (Å²) in [6, 6.07) is 18.7. The predicted molar refractivity (Wildman–Crippen MR) is 137 cm³/mol. The smallest absolute Gasteiger partial charge is 0.251 e. The molecule has 3 rings (SSSR count). The number of rotatable bonds is 9. The fourth-order valence-corrected chi connectivity index (χ4v) is 4.78. The fourth-order valence-electron chi connectivity index (χ4n) is 3.78. The molecule has 0 aliphatic carbocycles. The van der Waals surface area contributed by atoms with E-state index in [4.69, 9.17) is 4.74 Å². The maximum atomic E-state index is 12.6. The van der Waals surface area contributed by atoms with Gasteiger partial charge < -0.3 is 10.1 Å². The van der Waals surface area contributed by atoms with Crippen LogP contribution in [0.4, 0.5) is 5.69 Å². The van der Waals surface area contributed by atoms with Crippen LogP contribution < -0.4 is 14.4 Å². The van der Waals surface area contributed by atoms with E-state index >= 15 is 0 Å². The number of carbonyl (C=O) groups is 1. The number of para-hydroxylation sites is 1. The van der Waals surface area contributed by atoms with Crippen molar-refractivity contribution in [2.24, 2.45) is 0 Å². The average molecular weight is 481 g/mol. The fraction of sp³-hybridized carbons (Fsp3) is 0.296. The zero-order valence-electron chi connectivity index (χ0n) is 20.4. The summed E-state index contributed by atoms with van der Waals surface area (Å²) in [6.07, 6.45) is 1.21. The lowest BCUT2D eigenvalue weighted by Crippen LogP contribution is -2.31. The van der Waals surface area contributed by atoms with E-state index in [1.54, 1.807) is 24.3 Å². The molecule has 7 heteroatoms. The Morgan fingerprint density at radius 1 is 0.912 bits per heavy atom. The molecule has 3 aromatic carbocycles. The van der Waals surface area contributed by atoms with Gasteiger partial charge in [0, 0.05) is 5.56 Å². The molecule has 0 fully saturated rings. The molecule has 0 saturated heterocycles. The van der Waals surface area contributed by atoms with Crippen molar-refractivity contribution in [2.75, 3.05) is 23.7 Å². The van der Waals surface area contributed by atoms with Gasteiger partial charge in [0.05, 0.1) is 25.0 Å². The quantitative estimate of drug-likeness (QED) is 0.451. The van der Waals surface area contributed by atoms with Crippen molar-refractivity contribution >= 4 is 21.6 Å². The first-order valence-corrected chi connectivity index (χ1v) is 13.0. The van der Waals surface area contributed by atoms with Crippen LogP contribution in [0.3, 0.4) is 0 Å². The molecule has 0 atom stereocenters. The van der Waals surface area contributed by atoms with Crippen molar-refractivity contribution in [1.29, 1.82) is 0 Å². The number of hydrogen-bond donors (Lipinski definition) is 1. The minimum absolute atomic E-state index is 0.191. The number of hydrogen-bond acceptors (Lipinski definition) is 4. The third-order valence-corrected chi connectivity index (χ3v) is 6.73. The van der Waals surface area contributed by atoms with Gasteiger partial charge in [-0.05, 0) is 73.7 Å². The summed E-state index contributed by atoms with van der Waals surface area (Å²) < 4.78 is 32.3. The van der Waals surface area contributed by atoms with Crippen molar-refractivity contribution in [3.05, 3.63) is 94.0 Å². The molecule has 0 radical (unpaired) electrons. The number of nitrogens with one attached hydrogen (secondary N) is 1. The number of aryl methyl sites for hydroxylation is 4. The van der Waals surface area contributed by atoms with Crippen LogP contribution in [-0.2, 0) is 16.6 Å². The van der Waals surface area contributed by atoms with Crippen LogP contribution in [0.25, 0.3) is 0 Å². The second-order valence-electron chi connectivity index (χ2n) is 8.58. The second kappa shape index (κ2) is 10.7. The first kappa shape index (κ1) is 25.3. The van der Waals surface area contributed by atoms with E-state index in [9.17, 15) is 13.2 Å². The summed E-state index contributed by atoms with van der Waals surface area (Å²) >= 11 is 0. The van der Waals surface area contributed by atoms with Gasteiger partial charge in [-0.25, -0.2) is 8.42 Å². The van der Waals surface area contributed by atoms with Gasteiger partial charge in [-0.2, -0.15) is 0 Å². The number of nitrogens with zero attached hydrogens (tertiary/aromatic N) is 1. The number of amides is 1. The molecule has 0 spiro atoms. The van der Waals surface area contributed by atoms with Crippen LogP contribution in [0.1, 0.15) is 38.2 Å². The second-order valence-corrected chi connectivity index (χ2v) is 10.5. The Bertz CT molecular complexity index is 1250. The van der Waals surface area contributed by atoms with Crippen molar-refractivity contribution in [3.8, 4) is 5.75 Å². The molecule has 0 bridgehead atoms. The molecule has 180 valence electrons. The van der Waals surface area contributed by atoms with Gasteiger partial charge in [-0.1, -0.05) is 42.5 Å². The summed E-state index contributed by atoms with van der Waals surface area (Å²) in [6.45, 7) is 8.73. The largest absolute Gasteiger partial charge is 0.491 e. The van der Waals surface area contributed by atoms with E-state index < -0.39 is 10.0 Å². The number of ether oxygens (including phenoxy) is 1. The minimum Gasteiger partial charge on any atom is -0.491 e. The molecule has 6 nitrogen and oxygen atoms in total. The number of anilines is 1. The molecular formula is C27H32N2O4S. The molecular weight excluding hydrogens is 448 g/mol. The third kappa shape index (κ3) is 6.38. The summed E-state index contributed by atoms with van der Waals surface area (Å²) in [5.74, 6) is 0.615. The summed E-state index contributed by atoms with van der Waals surface area (Å²) in [5.41, 5.74) is 5.95. The van der Waals surface area contributed by atoms with Crippen LogP contribution in [0.15, 0.2) is 60.7 Å². The maximum Gasteiger partial charge on any atom is 0.251 e. The Hall–Kier alpha value is -3.32. The molecule has 0 aliphatic rings. The third-order valence-electron chi connectivity index (χ3n) is 5.62. The normalized spacial score (nSPS) is 11.2. The lowest BCUT2D eigenvalue weighted by atomic mass is 10.1. The zero-order chi connectivity index (χ0) is 24.9. The first-order chi connectivity index (χ1) is 16.1. The lowest BCUT2D eigenvalue weighted by Gasteiger charge is -2.26. The van der Waals surface area contributed by atoms with E-state index in [1.807, 2.05) is 64.1 Å². The van der Waals surface area contributed by atoms with E-state index in [0.717, 1.165) is 33.6 Å². The Balaban J connectivity index is 1.62. The standard InChI is InChI=1S/C27H32N2O4S/c1-19-9-10-20(2)25(17-19)33-16-15-28-27(30)24-13-11-23(12-14-24)18-29(34(5,31)32)26-21(3)7-6-8-22(26)4/h6-14,17H,15-16,18H2,1-5H3,(H,28,30). The van der Waals surface area contributed by atoms with Gasteiger partial charge in [0.15, 0.2) is 0 Å². The Kier molecular flexibility index (Phi) is 7.99. The van der Waals surface area contributed by atoms with Gasteiger partial charge in [0.2, 0.25) is 10.0 Å². The Morgan fingerprint density at radius 3 is 2.18 bits per heavy atom. The summed E-state index contributed by atoms with van der Waals surface area (Å²) in [5, 5.41) is 2.86. The van der Waals surface area contributed by atoms with E-state index in [1.165, 1.54) is 10.6 Å². The maximum absolute atomic E-state index is 12.6. The topological polar surface area (TPSA) is 75.7 Å². The number of carbonyl (C=O) groups excluding carboxylic acids is 1. The predicted octanol–water partition coefficient (Wildman–Crippen LogP) is 4.70. The van der Waals surface area contributed by atoms with Gasteiger partial charge in [0.25, 0.3) is 5.91 Å². The monoisotopic (exact) mass is 480 g/mol. The highest BCUT2D eigenvalue weighted by atomic mass is 32.2. The Morgan fingerprint density at radius 2 is 1.56 bits per heavy atom. The number of benzene rings is 3. The minimum atomic E-state index is -3.49. The van der Waals surface area contributed by atoms with E-state index in [0.29, 0.717) is 24.4 Å². The highest BCUT2D eigenvalue weighted by molar-refractivity contribution is 7.92. The molecule has 3 aromatic rings.